The van der Waals surface area contributed by atoms with Gasteiger partial charge in [0.05, 0.1) is 6.61 Å². The van der Waals surface area contributed by atoms with Gasteiger partial charge in [-0.3, -0.25) is 0 Å². The fourth-order valence-corrected chi connectivity index (χ4v) is 6.45. The van der Waals surface area contributed by atoms with Crippen LogP contribution in [0, 0.1) is 34.5 Å². The molecule has 3 aliphatic rings. The zero-order valence-electron chi connectivity index (χ0n) is 14.8. The highest BCUT2D eigenvalue weighted by atomic mass is 35.5. The van der Waals surface area contributed by atoms with Gasteiger partial charge in [-0.05, 0) is 35.8 Å². The zero-order valence-corrected chi connectivity index (χ0v) is 16.3. The van der Waals surface area contributed by atoms with Crippen molar-refractivity contribution in [2.75, 3.05) is 13.2 Å². The van der Waals surface area contributed by atoms with Crippen LogP contribution in [0.25, 0.3) is 0 Å². The van der Waals surface area contributed by atoms with Crippen molar-refractivity contribution >= 4 is 29.2 Å². The van der Waals surface area contributed by atoms with Crippen molar-refractivity contribution in [2.45, 2.75) is 31.5 Å². The largest absolute Gasteiger partial charge is 0.482 e. The second kappa shape index (κ2) is 5.53. The third kappa shape index (κ3) is 2.49. The van der Waals surface area contributed by atoms with Crippen LogP contribution in [0.15, 0.2) is 30.3 Å². The van der Waals surface area contributed by atoms with Gasteiger partial charge in [0.1, 0.15) is 10.1 Å². The Kier molecular flexibility index (Phi) is 3.87. The Bertz CT molecular complexity index is 687. The minimum atomic E-state index is -0.697. The first-order chi connectivity index (χ1) is 11.7. The zero-order chi connectivity index (χ0) is 18.0. The summed E-state index contributed by atoms with van der Waals surface area (Å²) in [4.78, 5) is 12.1. The third-order valence-electron chi connectivity index (χ3n) is 7.10. The lowest BCUT2D eigenvalue weighted by Crippen LogP contribution is -2.29. The van der Waals surface area contributed by atoms with Gasteiger partial charge in [-0.15, -0.1) is 23.2 Å². The summed E-state index contributed by atoms with van der Waals surface area (Å²) >= 11 is 13.3. The van der Waals surface area contributed by atoms with E-state index in [0.717, 1.165) is 6.42 Å². The van der Waals surface area contributed by atoms with Crippen molar-refractivity contribution in [1.82, 2.24) is 0 Å². The summed E-state index contributed by atoms with van der Waals surface area (Å²) in [5.41, 5.74) is 0.137. The molecule has 0 saturated heterocycles. The summed E-state index contributed by atoms with van der Waals surface area (Å²) in [6.45, 7) is 7.03. The summed E-state index contributed by atoms with van der Waals surface area (Å²) in [6, 6.07) is 9.26. The highest BCUT2D eigenvalue weighted by Crippen LogP contribution is 2.87. The van der Waals surface area contributed by atoms with E-state index in [1.54, 1.807) is 0 Å². The lowest BCUT2D eigenvalue weighted by atomic mass is 9.80. The minimum absolute atomic E-state index is 0.0820. The van der Waals surface area contributed by atoms with E-state index in [-0.39, 0.29) is 23.9 Å². The average molecular weight is 383 g/mol. The van der Waals surface area contributed by atoms with E-state index >= 15 is 0 Å². The van der Waals surface area contributed by atoms with E-state index in [1.165, 1.54) is 0 Å². The van der Waals surface area contributed by atoms with Crippen molar-refractivity contribution in [3.8, 4) is 5.75 Å². The Hall–Kier alpha value is -0.930. The molecule has 0 spiro atoms. The molecule has 3 aliphatic carbocycles. The number of carbonyl (C=O) groups is 1. The van der Waals surface area contributed by atoms with E-state index < -0.39 is 4.33 Å². The lowest BCUT2D eigenvalue weighted by Gasteiger charge is -2.28. The van der Waals surface area contributed by atoms with Gasteiger partial charge >= 0.3 is 5.97 Å². The number of hydrogen-bond acceptors (Lipinski definition) is 3. The van der Waals surface area contributed by atoms with Crippen LogP contribution in [-0.4, -0.2) is 23.5 Å². The fourth-order valence-electron chi connectivity index (χ4n) is 5.29. The van der Waals surface area contributed by atoms with Crippen molar-refractivity contribution in [2.24, 2.45) is 34.5 Å². The van der Waals surface area contributed by atoms with Crippen molar-refractivity contribution in [3.63, 3.8) is 0 Å². The molecule has 5 heteroatoms. The molecular formula is C20H24Cl2O3. The Balaban J connectivity index is 1.34. The van der Waals surface area contributed by atoms with Gasteiger partial charge in [-0.2, -0.15) is 0 Å². The topological polar surface area (TPSA) is 35.5 Å². The van der Waals surface area contributed by atoms with Crippen molar-refractivity contribution in [3.05, 3.63) is 30.3 Å². The van der Waals surface area contributed by atoms with Gasteiger partial charge in [0.15, 0.2) is 6.61 Å². The Morgan fingerprint density at radius 3 is 2.56 bits per heavy atom. The van der Waals surface area contributed by atoms with E-state index in [4.69, 9.17) is 32.7 Å². The van der Waals surface area contributed by atoms with Crippen LogP contribution in [-0.2, 0) is 9.53 Å². The predicted octanol–water partition coefficient (Wildman–Crippen LogP) is 4.71. The van der Waals surface area contributed by atoms with Crippen LogP contribution in [0.3, 0.4) is 0 Å². The summed E-state index contributed by atoms with van der Waals surface area (Å²) in [5.74, 6) is 2.05. The monoisotopic (exact) mass is 382 g/mol. The van der Waals surface area contributed by atoms with Gasteiger partial charge < -0.3 is 9.47 Å². The van der Waals surface area contributed by atoms with Crippen LogP contribution in [0.5, 0.6) is 5.75 Å². The number of ether oxygens (including phenoxy) is 2. The van der Waals surface area contributed by atoms with Crippen LogP contribution in [0.4, 0.5) is 0 Å². The second-order valence-electron chi connectivity index (χ2n) is 8.55. The van der Waals surface area contributed by atoms with Crippen molar-refractivity contribution < 1.29 is 14.3 Å². The Morgan fingerprint density at radius 1 is 1.20 bits per heavy atom. The normalized spacial score (nSPS) is 38.9. The fraction of sp³-hybridized carbons (Fsp3) is 0.650. The molecule has 136 valence electrons. The number of esters is 1. The molecule has 0 aliphatic heterocycles. The first-order valence-electron chi connectivity index (χ1n) is 8.92. The number of carbonyl (C=O) groups excluding carboxylic acids is 1. The van der Waals surface area contributed by atoms with Gasteiger partial charge in [-0.1, -0.05) is 39.0 Å². The van der Waals surface area contributed by atoms with Crippen LogP contribution >= 0.6 is 23.2 Å². The highest BCUT2D eigenvalue weighted by Gasteiger charge is 2.86. The molecule has 1 aromatic rings. The van der Waals surface area contributed by atoms with Crippen LogP contribution in [0.1, 0.15) is 27.2 Å². The SMILES string of the molecule is CC1(C)C2CC(COC(=O)COc3ccccc3)C3(C)C(C21)C3(Cl)Cl. The molecule has 3 saturated carbocycles. The smallest absolute Gasteiger partial charge is 0.344 e. The van der Waals surface area contributed by atoms with Gasteiger partial charge in [0, 0.05) is 17.3 Å². The van der Waals surface area contributed by atoms with Crippen LogP contribution in [0.2, 0.25) is 0 Å². The van der Waals surface area contributed by atoms with E-state index in [2.05, 4.69) is 20.8 Å². The molecule has 0 N–H and O–H groups in total. The molecule has 1 aromatic carbocycles. The summed E-state index contributed by atoms with van der Waals surface area (Å²) in [6.07, 6.45) is 1.03. The van der Waals surface area contributed by atoms with Gasteiger partial charge in [0.2, 0.25) is 0 Å². The molecular weight excluding hydrogens is 359 g/mol. The first-order valence-corrected chi connectivity index (χ1v) is 9.67. The predicted molar refractivity (Wildman–Crippen MR) is 97.8 cm³/mol. The molecule has 3 fully saturated rings. The molecule has 25 heavy (non-hydrogen) atoms. The highest BCUT2D eigenvalue weighted by molar-refractivity contribution is 6.52. The lowest BCUT2D eigenvalue weighted by molar-refractivity contribution is -0.148. The molecule has 0 heterocycles. The summed E-state index contributed by atoms with van der Waals surface area (Å²) in [5, 5.41) is 0. The number of halogens is 2. The van der Waals surface area contributed by atoms with E-state index in [0.29, 0.717) is 35.5 Å². The number of benzene rings is 1. The number of fused-ring (bicyclic) bond motifs is 3. The molecule has 5 atom stereocenters. The van der Waals surface area contributed by atoms with Crippen LogP contribution < -0.4 is 4.74 Å². The number of para-hydroxylation sites is 1. The molecule has 0 aromatic heterocycles. The second-order valence-corrected chi connectivity index (χ2v) is 9.94. The maximum absolute atomic E-state index is 12.1. The third-order valence-corrected chi connectivity index (χ3v) is 8.39. The summed E-state index contributed by atoms with van der Waals surface area (Å²) in [7, 11) is 0. The number of alkyl halides is 2. The maximum Gasteiger partial charge on any atom is 0.344 e. The molecule has 0 amide bonds. The first kappa shape index (κ1) is 17.5. The van der Waals surface area contributed by atoms with E-state index in [9.17, 15) is 4.79 Å². The molecule has 0 radical (unpaired) electrons. The van der Waals surface area contributed by atoms with Crippen molar-refractivity contribution in [1.29, 1.82) is 0 Å². The number of rotatable bonds is 5. The Labute approximate surface area is 159 Å². The minimum Gasteiger partial charge on any atom is -0.482 e. The quantitative estimate of drug-likeness (QED) is 0.546. The molecule has 5 unspecified atom stereocenters. The molecule has 0 bridgehead atoms. The molecule has 4 rings (SSSR count). The van der Waals surface area contributed by atoms with Gasteiger partial charge in [-0.25, -0.2) is 4.79 Å². The average Bonchev–Trinajstić information content (AvgIpc) is 3.29. The standard InChI is InChI=1S/C20H24Cl2O3/c1-18(2)14-9-12(19(3)17(16(14)18)20(19,21)22)10-25-15(23)11-24-13-7-5-4-6-8-13/h4-8,12,14,16-17H,9-11H2,1-3H3. The van der Waals surface area contributed by atoms with E-state index in [1.807, 2.05) is 30.3 Å². The molecule has 3 nitrogen and oxygen atoms in total. The Morgan fingerprint density at radius 2 is 1.88 bits per heavy atom. The van der Waals surface area contributed by atoms with Gasteiger partial charge in [0.25, 0.3) is 0 Å². The summed E-state index contributed by atoms with van der Waals surface area (Å²) < 4.78 is 10.3. The maximum atomic E-state index is 12.1. The number of hydrogen-bond donors (Lipinski definition) is 0.